The van der Waals surface area contributed by atoms with Gasteiger partial charge in [-0.05, 0) is 26.0 Å². The second-order valence-corrected chi connectivity index (χ2v) is 3.66. The van der Waals surface area contributed by atoms with Crippen molar-refractivity contribution < 1.29 is 9.53 Å². The predicted molar refractivity (Wildman–Crippen MR) is 65.5 cm³/mol. The molecule has 0 bridgehead atoms. The number of carbonyl (C=O) groups excluding carboxylic acids is 1. The lowest BCUT2D eigenvalue weighted by atomic mass is 10.2. The van der Waals surface area contributed by atoms with Crippen LogP contribution in [0.1, 0.15) is 13.8 Å². The molecular weight excluding hydrogens is 204 g/mol. The van der Waals surface area contributed by atoms with Crippen LogP contribution in [0.5, 0.6) is 5.75 Å². The van der Waals surface area contributed by atoms with E-state index in [1.165, 1.54) is 6.08 Å². The highest BCUT2D eigenvalue weighted by Gasteiger charge is 2.04. The van der Waals surface area contributed by atoms with Crippen molar-refractivity contribution in [1.82, 2.24) is 0 Å². The molecule has 16 heavy (non-hydrogen) atoms. The minimum absolute atomic E-state index is 0.194. The van der Waals surface area contributed by atoms with E-state index < -0.39 is 0 Å². The predicted octanol–water partition coefficient (Wildman–Crippen LogP) is 2.18. The largest absolute Gasteiger partial charge is 0.497 e. The van der Waals surface area contributed by atoms with Crippen LogP contribution in [0.25, 0.3) is 0 Å². The molecule has 4 heteroatoms. The molecule has 1 aromatic rings. The maximum absolute atomic E-state index is 11.5. The number of allylic oxidation sites excluding steroid dienone is 1. The molecule has 0 aliphatic heterocycles. The first-order chi connectivity index (χ1) is 7.52. The minimum atomic E-state index is -0.194. The number of amides is 1. The minimum Gasteiger partial charge on any atom is -0.497 e. The molecule has 0 aliphatic rings. The molecule has 1 amide bonds. The summed E-state index contributed by atoms with van der Waals surface area (Å²) in [7, 11) is 1.56. The van der Waals surface area contributed by atoms with Crippen molar-refractivity contribution in [3.05, 3.63) is 29.8 Å². The van der Waals surface area contributed by atoms with Crippen molar-refractivity contribution >= 4 is 17.3 Å². The van der Waals surface area contributed by atoms with E-state index in [1.807, 2.05) is 13.8 Å². The summed E-state index contributed by atoms with van der Waals surface area (Å²) in [5.74, 6) is 0.460. The van der Waals surface area contributed by atoms with E-state index in [1.54, 1.807) is 25.3 Å². The van der Waals surface area contributed by atoms with Gasteiger partial charge in [0.2, 0.25) is 5.91 Å². The van der Waals surface area contributed by atoms with Crippen molar-refractivity contribution in [2.45, 2.75) is 13.8 Å². The molecule has 0 atom stereocenters. The fourth-order valence-electron chi connectivity index (χ4n) is 1.20. The van der Waals surface area contributed by atoms with Gasteiger partial charge in [-0.1, -0.05) is 5.57 Å². The molecular formula is C12H16N2O2. The Bertz CT molecular complexity index is 421. The van der Waals surface area contributed by atoms with Crippen molar-refractivity contribution in [3.8, 4) is 5.75 Å². The van der Waals surface area contributed by atoms with Gasteiger partial charge in [0.1, 0.15) is 5.75 Å². The first-order valence-electron chi connectivity index (χ1n) is 4.92. The van der Waals surface area contributed by atoms with Gasteiger partial charge in [0, 0.05) is 12.1 Å². The molecule has 0 spiro atoms. The molecule has 3 N–H and O–H groups in total. The summed E-state index contributed by atoms with van der Waals surface area (Å²) in [5, 5.41) is 2.70. The molecule has 86 valence electrons. The number of nitrogens with one attached hydrogen (secondary N) is 1. The molecule has 1 rings (SSSR count). The number of benzene rings is 1. The summed E-state index contributed by atoms with van der Waals surface area (Å²) < 4.78 is 5.05. The summed E-state index contributed by atoms with van der Waals surface area (Å²) >= 11 is 0. The van der Waals surface area contributed by atoms with E-state index in [0.717, 1.165) is 5.57 Å². The Kier molecular flexibility index (Phi) is 3.94. The van der Waals surface area contributed by atoms with E-state index in [9.17, 15) is 4.79 Å². The van der Waals surface area contributed by atoms with Crippen molar-refractivity contribution in [3.63, 3.8) is 0 Å². The van der Waals surface area contributed by atoms with Gasteiger partial charge in [-0.25, -0.2) is 0 Å². The molecule has 0 radical (unpaired) electrons. The van der Waals surface area contributed by atoms with Gasteiger partial charge < -0.3 is 15.8 Å². The summed E-state index contributed by atoms with van der Waals surface area (Å²) in [6, 6.07) is 5.12. The zero-order valence-electron chi connectivity index (χ0n) is 9.70. The van der Waals surface area contributed by atoms with Gasteiger partial charge in [0.25, 0.3) is 0 Å². The zero-order valence-corrected chi connectivity index (χ0v) is 9.70. The molecule has 0 heterocycles. The van der Waals surface area contributed by atoms with Crippen LogP contribution in [0.3, 0.4) is 0 Å². The lowest BCUT2D eigenvalue weighted by Crippen LogP contribution is -2.10. The number of nitrogen functional groups attached to an aromatic ring is 1. The summed E-state index contributed by atoms with van der Waals surface area (Å²) in [5.41, 5.74) is 7.73. The van der Waals surface area contributed by atoms with Gasteiger partial charge in [-0.3, -0.25) is 4.79 Å². The van der Waals surface area contributed by atoms with Crippen LogP contribution in [-0.2, 0) is 4.79 Å². The van der Waals surface area contributed by atoms with Gasteiger partial charge in [-0.2, -0.15) is 0 Å². The average Bonchev–Trinajstić information content (AvgIpc) is 2.20. The molecule has 4 nitrogen and oxygen atoms in total. The lowest BCUT2D eigenvalue weighted by molar-refractivity contribution is -0.111. The average molecular weight is 220 g/mol. The van der Waals surface area contributed by atoms with Crippen LogP contribution in [0.4, 0.5) is 11.4 Å². The molecule has 0 saturated carbocycles. The van der Waals surface area contributed by atoms with Crippen LogP contribution >= 0.6 is 0 Å². The van der Waals surface area contributed by atoms with E-state index in [4.69, 9.17) is 10.5 Å². The first kappa shape index (κ1) is 12.1. The Labute approximate surface area is 95.1 Å². The second-order valence-electron chi connectivity index (χ2n) is 3.66. The van der Waals surface area contributed by atoms with Gasteiger partial charge >= 0.3 is 0 Å². The quantitative estimate of drug-likeness (QED) is 0.606. The van der Waals surface area contributed by atoms with Gasteiger partial charge in [0.05, 0.1) is 18.5 Å². The Balaban J connectivity index is 2.88. The highest BCUT2D eigenvalue weighted by molar-refractivity contribution is 6.01. The Morgan fingerprint density at radius 2 is 2.12 bits per heavy atom. The van der Waals surface area contributed by atoms with E-state index in [0.29, 0.717) is 17.1 Å². The fraction of sp³-hybridized carbons (Fsp3) is 0.250. The SMILES string of the molecule is COc1ccc(N)c(NC(=O)C=C(C)C)c1. The second kappa shape index (κ2) is 5.21. The zero-order chi connectivity index (χ0) is 12.1. The van der Waals surface area contributed by atoms with E-state index in [2.05, 4.69) is 5.32 Å². The van der Waals surface area contributed by atoms with Gasteiger partial charge in [0.15, 0.2) is 0 Å². The molecule has 0 fully saturated rings. The smallest absolute Gasteiger partial charge is 0.248 e. The van der Waals surface area contributed by atoms with Crippen LogP contribution in [0.2, 0.25) is 0 Å². The Hall–Kier alpha value is -1.97. The van der Waals surface area contributed by atoms with Crippen LogP contribution in [0.15, 0.2) is 29.8 Å². The fourth-order valence-corrected chi connectivity index (χ4v) is 1.20. The van der Waals surface area contributed by atoms with Crippen molar-refractivity contribution in [1.29, 1.82) is 0 Å². The van der Waals surface area contributed by atoms with Crippen molar-refractivity contribution in [2.75, 3.05) is 18.2 Å². The number of ether oxygens (including phenoxy) is 1. The number of carbonyl (C=O) groups is 1. The maximum atomic E-state index is 11.5. The van der Waals surface area contributed by atoms with Crippen LogP contribution in [0, 0.1) is 0 Å². The van der Waals surface area contributed by atoms with E-state index >= 15 is 0 Å². The van der Waals surface area contributed by atoms with Crippen LogP contribution < -0.4 is 15.8 Å². The topological polar surface area (TPSA) is 64.3 Å². The molecule has 0 saturated heterocycles. The third kappa shape index (κ3) is 3.31. The standard InChI is InChI=1S/C12H16N2O2/c1-8(2)6-12(15)14-11-7-9(16-3)4-5-10(11)13/h4-7H,13H2,1-3H3,(H,14,15). The van der Waals surface area contributed by atoms with Gasteiger partial charge in [-0.15, -0.1) is 0 Å². The molecule has 0 aromatic heterocycles. The monoisotopic (exact) mass is 220 g/mol. The number of rotatable bonds is 3. The normalized spacial score (nSPS) is 9.44. The lowest BCUT2D eigenvalue weighted by Gasteiger charge is -2.08. The summed E-state index contributed by atoms with van der Waals surface area (Å²) in [6.07, 6.45) is 1.51. The Morgan fingerprint density at radius 1 is 1.44 bits per heavy atom. The number of hydrogen-bond acceptors (Lipinski definition) is 3. The molecule has 1 aromatic carbocycles. The summed E-state index contributed by atoms with van der Waals surface area (Å²) in [6.45, 7) is 3.71. The van der Waals surface area contributed by atoms with Crippen molar-refractivity contribution in [2.24, 2.45) is 0 Å². The highest BCUT2D eigenvalue weighted by Crippen LogP contribution is 2.24. The number of anilines is 2. The molecule has 0 unspecified atom stereocenters. The summed E-state index contributed by atoms with van der Waals surface area (Å²) in [4.78, 5) is 11.5. The van der Waals surface area contributed by atoms with Crippen LogP contribution in [-0.4, -0.2) is 13.0 Å². The highest BCUT2D eigenvalue weighted by atomic mass is 16.5. The number of hydrogen-bond donors (Lipinski definition) is 2. The number of nitrogens with two attached hydrogens (primary N) is 1. The van der Waals surface area contributed by atoms with E-state index in [-0.39, 0.29) is 5.91 Å². The molecule has 0 aliphatic carbocycles. The Morgan fingerprint density at radius 3 is 2.69 bits per heavy atom. The maximum Gasteiger partial charge on any atom is 0.248 e. The third-order valence-corrected chi connectivity index (χ3v) is 1.94. The number of methoxy groups -OCH3 is 1. The third-order valence-electron chi connectivity index (χ3n) is 1.94. The first-order valence-corrected chi connectivity index (χ1v) is 4.92.